The molecule has 1 atom stereocenters. The summed E-state index contributed by atoms with van der Waals surface area (Å²) in [4.78, 5) is 4.23. The Balaban J connectivity index is 2.16. The van der Waals surface area contributed by atoms with E-state index >= 15 is 0 Å². The fourth-order valence-corrected chi connectivity index (χ4v) is 2.25. The zero-order valence-electron chi connectivity index (χ0n) is 9.97. The molecule has 0 aliphatic heterocycles. The smallest absolute Gasteiger partial charge is 0.106 e. The summed E-state index contributed by atoms with van der Waals surface area (Å²) < 4.78 is 1.08. The molecule has 0 amide bonds. The van der Waals surface area contributed by atoms with Crippen molar-refractivity contribution in [3.8, 4) is 0 Å². The number of fused-ring (bicyclic) bond motifs is 1. The van der Waals surface area contributed by atoms with Crippen LogP contribution < -0.4 is 11.1 Å². The lowest BCUT2D eigenvalue weighted by molar-refractivity contribution is 0.138. The molecule has 0 saturated carbocycles. The Labute approximate surface area is 104 Å². The molecule has 2 rings (SSSR count). The number of aromatic nitrogens is 1. The van der Waals surface area contributed by atoms with Crippen molar-refractivity contribution < 1.29 is 5.11 Å². The van der Waals surface area contributed by atoms with Gasteiger partial charge in [0.1, 0.15) is 5.52 Å². The summed E-state index contributed by atoms with van der Waals surface area (Å²) in [6, 6.07) is 3.93. The monoisotopic (exact) mass is 251 g/mol. The molecule has 0 saturated heterocycles. The lowest BCUT2D eigenvalue weighted by Crippen LogP contribution is -2.25. The standard InChI is InChI=1S/C12H17N3OS/c1-7(2)9(16)5-14-8-3-4-10-12(11(8)13)15-6-17-10/h3-4,6-7,9,14,16H,5,13H2,1-2H3. The first-order valence-electron chi connectivity index (χ1n) is 5.63. The third-order valence-electron chi connectivity index (χ3n) is 2.81. The molecular weight excluding hydrogens is 234 g/mol. The largest absolute Gasteiger partial charge is 0.395 e. The Morgan fingerprint density at radius 2 is 2.24 bits per heavy atom. The molecule has 4 N–H and O–H groups in total. The van der Waals surface area contributed by atoms with Gasteiger partial charge in [0.15, 0.2) is 0 Å². The minimum atomic E-state index is -0.375. The normalized spacial score (nSPS) is 13.2. The minimum absolute atomic E-state index is 0.228. The summed E-state index contributed by atoms with van der Waals surface area (Å²) in [5.74, 6) is 0.228. The number of aliphatic hydroxyl groups is 1. The second-order valence-corrected chi connectivity index (χ2v) is 5.30. The number of nitrogens with one attached hydrogen (secondary N) is 1. The quantitative estimate of drug-likeness (QED) is 0.729. The predicted octanol–water partition coefficient (Wildman–Crippen LogP) is 2.31. The van der Waals surface area contributed by atoms with Gasteiger partial charge >= 0.3 is 0 Å². The van der Waals surface area contributed by atoms with Crippen LogP contribution >= 0.6 is 11.3 Å². The SMILES string of the molecule is CC(C)C(O)CNc1ccc2scnc2c1N. The van der Waals surface area contributed by atoms with E-state index in [2.05, 4.69) is 10.3 Å². The van der Waals surface area contributed by atoms with Crippen LogP contribution in [0.2, 0.25) is 0 Å². The van der Waals surface area contributed by atoms with E-state index in [1.54, 1.807) is 16.8 Å². The van der Waals surface area contributed by atoms with Crippen LogP contribution in [0.1, 0.15) is 13.8 Å². The second kappa shape index (κ2) is 4.89. The van der Waals surface area contributed by atoms with Crippen molar-refractivity contribution in [2.24, 2.45) is 5.92 Å². The Hall–Kier alpha value is -1.33. The van der Waals surface area contributed by atoms with Gasteiger partial charge in [0.2, 0.25) is 0 Å². The van der Waals surface area contributed by atoms with E-state index in [9.17, 15) is 5.11 Å². The van der Waals surface area contributed by atoms with E-state index in [4.69, 9.17) is 5.73 Å². The van der Waals surface area contributed by atoms with Gasteiger partial charge < -0.3 is 16.2 Å². The highest BCUT2D eigenvalue weighted by atomic mass is 32.1. The maximum atomic E-state index is 9.74. The number of rotatable bonds is 4. The fourth-order valence-electron chi connectivity index (χ4n) is 1.56. The average molecular weight is 251 g/mol. The average Bonchev–Trinajstić information content (AvgIpc) is 2.76. The molecular formula is C12H17N3OS. The molecule has 1 heterocycles. The second-order valence-electron chi connectivity index (χ2n) is 4.42. The van der Waals surface area contributed by atoms with Crippen LogP contribution in [0.5, 0.6) is 0 Å². The molecule has 0 aliphatic carbocycles. The van der Waals surface area contributed by atoms with Crippen molar-refractivity contribution in [1.82, 2.24) is 4.98 Å². The highest BCUT2D eigenvalue weighted by molar-refractivity contribution is 7.16. The van der Waals surface area contributed by atoms with E-state index in [1.165, 1.54) is 0 Å². The van der Waals surface area contributed by atoms with Crippen LogP contribution in [-0.2, 0) is 0 Å². The van der Waals surface area contributed by atoms with Gasteiger partial charge in [0, 0.05) is 6.54 Å². The van der Waals surface area contributed by atoms with Gasteiger partial charge in [-0.3, -0.25) is 0 Å². The Bertz CT molecular complexity index is 509. The predicted molar refractivity (Wildman–Crippen MR) is 73.4 cm³/mol. The van der Waals surface area contributed by atoms with Crippen molar-refractivity contribution in [2.75, 3.05) is 17.6 Å². The van der Waals surface area contributed by atoms with Crippen molar-refractivity contribution >= 4 is 32.9 Å². The first kappa shape index (κ1) is 12.1. The molecule has 0 radical (unpaired) electrons. The van der Waals surface area contributed by atoms with Crippen molar-refractivity contribution in [3.05, 3.63) is 17.6 Å². The maximum absolute atomic E-state index is 9.74. The highest BCUT2D eigenvalue weighted by Crippen LogP contribution is 2.29. The topological polar surface area (TPSA) is 71.2 Å². The number of hydrogen-bond acceptors (Lipinski definition) is 5. The van der Waals surface area contributed by atoms with Gasteiger partial charge in [-0.15, -0.1) is 11.3 Å². The summed E-state index contributed by atoms with van der Waals surface area (Å²) in [5, 5.41) is 12.9. The zero-order valence-corrected chi connectivity index (χ0v) is 10.8. The van der Waals surface area contributed by atoms with Crippen LogP contribution in [-0.4, -0.2) is 22.7 Å². The van der Waals surface area contributed by atoms with Crippen molar-refractivity contribution in [3.63, 3.8) is 0 Å². The molecule has 1 unspecified atom stereocenters. The first-order chi connectivity index (χ1) is 8.09. The van der Waals surface area contributed by atoms with Gasteiger partial charge in [-0.1, -0.05) is 13.8 Å². The summed E-state index contributed by atoms with van der Waals surface area (Å²) in [6.45, 7) is 4.47. The molecule has 5 heteroatoms. The summed E-state index contributed by atoms with van der Waals surface area (Å²) >= 11 is 1.57. The van der Waals surface area contributed by atoms with Gasteiger partial charge in [-0.2, -0.15) is 0 Å². The number of aliphatic hydroxyl groups excluding tert-OH is 1. The van der Waals surface area contributed by atoms with E-state index in [1.807, 2.05) is 26.0 Å². The number of hydrogen-bond donors (Lipinski definition) is 3. The number of nitrogen functional groups attached to an aromatic ring is 1. The molecule has 0 bridgehead atoms. The molecule has 1 aromatic carbocycles. The Morgan fingerprint density at radius 3 is 2.94 bits per heavy atom. The lowest BCUT2D eigenvalue weighted by atomic mass is 10.1. The molecule has 0 aliphatic rings. The summed E-state index contributed by atoms with van der Waals surface area (Å²) in [5.41, 5.74) is 10.1. The minimum Gasteiger partial charge on any atom is -0.395 e. The highest BCUT2D eigenvalue weighted by Gasteiger charge is 2.11. The van der Waals surface area contributed by atoms with Crippen LogP contribution in [0.15, 0.2) is 17.6 Å². The molecule has 0 spiro atoms. The first-order valence-corrected chi connectivity index (χ1v) is 6.51. The maximum Gasteiger partial charge on any atom is 0.106 e. The van der Waals surface area contributed by atoms with Crippen LogP contribution in [0.4, 0.5) is 11.4 Å². The van der Waals surface area contributed by atoms with Crippen LogP contribution in [0.25, 0.3) is 10.2 Å². The zero-order chi connectivity index (χ0) is 12.4. The molecule has 0 fully saturated rings. The van der Waals surface area contributed by atoms with E-state index < -0.39 is 0 Å². The number of benzene rings is 1. The van der Waals surface area contributed by atoms with Gasteiger partial charge in [0.25, 0.3) is 0 Å². The van der Waals surface area contributed by atoms with Gasteiger partial charge in [0.05, 0.1) is 27.7 Å². The fraction of sp³-hybridized carbons (Fsp3) is 0.417. The van der Waals surface area contributed by atoms with E-state index in [0.29, 0.717) is 12.2 Å². The number of thiazole rings is 1. The lowest BCUT2D eigenvalue weighted by Gasteiger charge is -2.16. The number of anilines is 2. The van der Waals surface area contributed by atoms with E-state index in [0.717, 1.165) is 15.9 Å². The van der Waals surface area contributed by atoms with Crippen LogP contribution in [0, 0.1) is 5.92 Å². The summed E-state index contributed by atoms with van der Waals surface area (Å²) in [7, 11) is 0. The van der Waals surface area contributed by atoms with E-state index in [-0.39, 0.29) is 12.0 Å². The Morgan fingerprint density at radius 1 is 1.47 bits per heavy atom. The van der Waals surface area contributed by atoms with Gasteiger partial charge in [-0.25, -0.2) is 4.98 Å². The Kier molecular flexibility index (Phi) is 3.49. The number of nitrogens with two attached hydrogens (primary N) is 1. The molecule has 1 aromatic heterocycles. The molecule has 4 nitrogen and oxygen atoms in total. The molecule has 2 aromatic rings. The summed E-state index contributed by atoms with van der Waals surface area (Å²) in [6.07, 6.45) is -0.375. The third kappa shape index (κ3) is 2.50. The van der Waals surface area contributed by atoms with Crippen molar-refractivity contribution in [2.45, 2.75) is 20.0 Å². The van der Waals surface area contributed by atoms with Crippen molar-refractivity contribution in [1.29, 1.82) is 0 Å². The number of nitrogens with zero attached hydrogens (tertiary/aromatic N) is 1. The van der Waals surface area contributed by atoms with Crippen LogP contribution in [0.3, 0.4) is 0 Å². The molecule has 17 heavy (non-hydrogen) atoms. The molecule has 92 valence electrons. The van der Waals surface area contributed by atoms with Gasteiger partial charge in [-0.05, 0) is 18.1 Å². The third-order valence-corrected chi connectivity index (χ3v) is 3.61.